The van der Waals surface area contributed by atoms with Crippen LogP contribution in [0.5, 0.6) is 11.5 Å². The van der Waals surface area contributed by atoms with Crippen LogP contribution in [0.15, 0.2) is 30.5 Å². The molecule has 0 spiro atoms. The number of hydrogen-bond acceptors (Lipinski definition) is 5. The number of carbonyl (C=O) groups excluding carboxylic acids is 1. The molecule has 1 heterocycles. The fraction of sp³-hybridized carbons (Fsp3) is 0.200. The summed E-state index contributed by atoms with van der Waals surface area (Å²) < 4.78 is 10.3. The second-order valence-corrected chi connectivity index (χ2v) is 4.45. The van der Waals surface area contributed by atoms with Crippen LogP contribution >= 0.6 is 0 Å². The number of nitrogen functional groups attached to an aromatic ring is 1. The molecule has 3 N–H and O–H groups in total. The molecule has 1 amide bonds. The number of pyridine rings is 1. The topological polar surface area (TPSA) is 86.5 Å². The molecule has 1 aromatic heterocycles. The van der Waals surface area contributed by atoms with Crippen molar-refractivity contribution in [2.24, 2.45) is 0 Å². The molecule has 0 aliphatic carbocycles. The summed E-state index contributed by atoms with van der Waals surface area (Å²) in [6.45, 7) is 1.82. The smallest absolute Gasteiger partial charge is 0.260 e. The summed E-state index contributed by atoms with van der Waals surface area (Å²) in [5.74, 6) is 1.20. The molecule has 1 aromatic carbocycles. The van der Waals surface area contributed by atoms with Gasteiger partial charge in [0, 0.05) is 6.07 Å². The van der Waals surface area contributed by atoms with Crippen LogP contribution in [0.1, 0.15) is 15.9 Å². The minimum Gasteiger partial charge on any atom is -0.497 e. The Hall–Kier alpha value is -2.76. The third-order valence-electron chi connectivity index (χ3n) is 2.98. The third kappa shape index (κ3) is 3.22. The number of hydrogen-bond donors (Lipinski definition) is 2. The van der Waals surface area contributed by atoms with Crippen molar-refractivity contribution in [2.75, 3.05) is 25.3 Å². The standard InChI is InChI=1S/C15H17N3O3/c1-9-6-10(16)8-17-14(9)18-15(19)12-5-4-11(20-2)7-13(12)21-3/h4-8H,16H2,1-3H3,(H,17,18,19). The summed E-state index contributed by atoms with van der Waals surface area (Å²) >= 11 is 0. The zero-order valence-electron chi connectivity index (χ0n) is 12.1. The number of aryl methyl sites for hydroxylation is 1. The van der Waals surface area contributed by atoms with Crippen LogP contribution in [-0.2, 0) is 0 Å². The fourth-order valence-corrected chi connectivity index (χ4v) is 1.89. The summed E-state index contributed by atoms with van der Waals surface area (Å²) in [5.41, 5.74) is 7.37. The lowest BCUT2D eigenvalue weighted by atomic mass is 10.1. The van der Waals surface area contributed by atoms with E-state index in [4.69, 9.17) is 15.2 Å². The molecule has 0 aliphatic heterocycles. The molecule has 0 bridgehead atoms. The second kappa shape index (κ2) is 6.13. The number of ether oxygens (including phenoxy) is 2. The van der Waals surface area contributed by atoms with Crippen molar-refractivity contribution in [3.8, 4) is 11.5 Å². The molecular formula is C15H17N3O3. The predicted molar refractivity (Wildman–Crippen MR) is 80.9 cm³/mol. The first kappa shape index (κ1) is 14.6. The van der Waals surface area contributed by atoms with Crippen molar-refractivity contribution in [1.29, 1.82) is 0 Å². The quantitative estimate of drug-likeness (QED) is 0.900. The van der Waals surface area contributed by atoms with Gasteiger partial charge in [-0.25, -0.2) is 4.98 Å². The largest absolute Gasteiger partial charge is 0.497 e. The first-order chi connectivity index (χ1) is 10.0. The van der Waals surface area contributed by atoms with Crippen molar-refractivity contribution < 1.29 is 14.3 Å². The van der Waals surface area contributed by atoms with Crippen LogP contribution in [-0.4, -0.2) is 25.1 Å². The number of nitrogens with two attached hydrogens (primary N) is 1. The Morgan fingerprint density at radius 1 is 1.24 bits per heavy atom. The molecule has 0 unspecified atom stereocenters. The highest BCUT2D eigenvalue weighted by molar-refractivity contribution is 6.06. The van der Waals surface area contributed by atoms with Gasteiger partial charge in [-0.2, -0.15) is 0 Å². The van der Waals surface area contributed by atoms with Gasteiger partial charge in [0.05, 0.1) is 31.7 Å². The molecule has 0 fully saturated rings. The van der Waals surface area contributed by atoms with E-state index in [0.717, 1.165) is 5.56 Å². The van der Waals surface area contributed by atoms with E-state index >= 15 is 0 Å². The lowest BCUT2D eigenvalue weighted by Gasteiger charge is -2.11. The lowest BCUT2D eigenvalue weighted by molar-refractivity contribution is 0.102. The van der Waals surface area contributed by atoms with Crippen molar-refractivity contribution in [3.05, 3.63) is 41.6 Å². The van der Waals surface area contributed by atoms with Gasteiger partial charge < -0.3 is 20.5 Å². The Morgan fingerprint density at radius 2 is 2.00 bits per heavy atom. The number of nitrogens with zero attached hydrogens (tertiary/aromatic N) is 1. The normalized spacial score (nSPS) is 10.0. The maximum Gasteiger partial charge on any atom is 0.260 e. The minimum atomic E-state index is -0.310. The van der Waals surface area contributed by atoms with Gasteiger partial charge in [0.1, 0.15) is 17.3 Å². The summed E-state index contributed by atoms with van der Waals surface area (Å²) in [5, 5.41) is 2.74. The number of nitrogens with one attached hydrogen (secondary N) is 1. The van der Waals surface area contributed by atoms with Gasteiger partial charge in [-0.1, -0.05) is 0 Å². The summed E-state index contributed by atoms with van der Waals surface area (Å²) in [4.78, 5) is 16.4. The van der Waals surface area contributed by atoms with Gasteiger partial charge >= 0.3 is 0 Å². The number of methoxy groups -OCH3 is 2. The Balaban J connectivity index is 2.28. The fourth-order valence-electron chi connectivity index (χ4n) is 1.89. The van der Waals surface area contributed by atoms with E-state index in [1.54, 1.807) is 31.4 Å². The lowest BCUT2D eigenvalue weighted by Crippen LogP contribution is -2.15. The van der Waals surface area contributed by atoms with Crippen LogP contribution in [0.25, 0.3) is 0 Å². The van der Waals surface area contributed by atoms with Crippen LogP contribution in [0.2, 0.25) is 0 Å². The van der Waals surface area contributed by atoms with E-state index in [2.05, 4.69) is 10.3 Å². The Bertz CT molecular complexity index is 671. The van der Waals surface area contributed by atoms with Gasteiger partial charge in [-0.15, -0.1) is 0 Å². The number of aromatic nitrogens is 1. The zero-order valence-corrected chi connectivity index (χ0v) is 12.1. The average molecular weight is 287 g/mol. The number of anilines is 2. The predicted octanol–water partition coefficient (Wildman–Crippen LogP) is 2.24. The molecule has 0 atom stereocenters. The van der Waals surface area contributed by atoms with Gasteiger partial charge in [0.25, 0.3) is 5.91 Å². The molecule has 0 saturated carbocycles. The van der Waals surface area contributed by atoms with Gasteiger partial charge in [-0.3, -0.25) is 4.79 Å². The molecule has 0 aliphatic rings. The maximum absolute atomic E-state index is 12.3. The molecule has 110 valence electrons. The summed E-state index contributed by atoms with van der Waals surface area (Å²) in [6.07, 6.45) is 1.49. The van der Waals surface area contributed by atoms with Crippen LogP contribution < -0.4 is 20.5 Å². The Morgan fingerprint density at radius 3 is 2.62 bits per heavy atom. The number of benzene rings is 1. The molecular weight excluding hydrogens is 270 g/mol. The highest BCUT2D eigenvalue weighted by Crippen LogP contribution is 2.25. The van der Waals surface area contributed by atoms with Crippen LogP contribution in [0.4, 0.5) is 11.5 Å². The van der Waals surface area contributed by atoms with E-state index in [1.807, 2.05) is 6.92 Å². The highest BCUT2D eigenvalue weighted by Gasteiger charge is 2.15. The van der Waals surface area contributed by atoms with E-state index in [0.29, 0.717) is 28.6 Å². The van der Waals surface area contributed by atoms with Crippen LogP contribution in [0, 0.1) is 6.92 Å². The van der Waals surface area contributed by atoms with E-state index in [9.17, 15) is 4.79 Å². The maximum atomic E-state index is 12.3. The molecule has 2 rings (SSSR count). The number of rotatable bonds is 4. The third-order valence-corrected chi connectivity index (χ3v) is 2.98. The molecule has 2 aromatic rings. The van der Waals surface area contributed by atoms with E-state index in [-0.39, 0.29) is 5.91 Å². The Labute approximate surface area is 122 Å². The van der Waals surface area contributed by atoms with E-state index in [1.165, 1.54) is 13.3 Å². The SMILES string of the molecule is COc1ccc(C(=O)Nc2ncc(N)cc2C)c(OC)c1. The summed E-state index contributed by atoms with van der Waals surface area (Å²) in [7, 11) is 3.05. The monoisotopic (exact) mass is 287 g/mol. The highest BCUT2D eigenvalue weighted by atomic mass is 16.5. The van der Waals surface area contributed by atoms with Gasteiger partial charge in [-0.05, 0) is 30.7 Å². The first-order valence-electron chi connectivity index (χ1n) is 6.30. The van der Waals surface area contributed by atoms with Crippen molar-refractivity contribution in [3.63, 3.8) is 0 Å². The number of amides is 1. The van der Waals surface area contributed by atoms with Gasteiger partial charge in [0.2, 0.25) is 0 Å². The second-order valence-electron chi connectivity index (χ2n) is 4.45. The van der Waals surface area contributed by atoms with Crippen molar-refractivity contribution in [2.45, 2.75) is 6.92 Å². The Kier molecular flexibility index (Phi) is 4.27. The molecule has 0 radical (unpaired) electrons. The van der Waals surface area contributed by atoms with Gasteiger partial charge in [0.15, 0.2) is 0 Å². The molecule has 0 saturated heterocycles. The molecule has 6 heteroatoms. The minimum absolute atomic E-state index is 0.310. The van der Waals surface area contributed by atoms with Crippen molar-refractivity contribution >= 4 is 17.4 Å². The first-order valence-corrected chi connectivity index (χ1v) is 6.30. The molecule has 6 nitrogen and oxygen atoms in total. The average Bonchev–Trinajstić information content (AvgIpc) is 2.49. The van der Waals surface area contributed by atoms with Crippen molar-refractivity contribution in [1.82, 2.24) is 4.98 Å². The van der Waals surface area contributed by atoms with E-state index < -0.39 is 0 Å². The summed E-state index contributed by atoms with van der Waals surface area (Å²) in [6, 6.07) is 6.73. The zero-order chi connectivity index (χ0) is 15.4. The van der Waals surface area contributed by atoms with Crippen LogP contribution in [0.3, 0.4) is 0 Å². The number of carbonyl (C=O) groups is 1. The molecule has 21 heavy (non-hydrogen) atoms.